The van der Waals surface area contributed by atoms with Gasteiger partial charge in [-0.1, -0.05) is 18.2 Å². The standard InChI is InChI=1S/C15H16N4O/c1-10-4-3-5-12-14(10)18-15(16)19(12)9-11-6-7-13(20-2)17-8-11/h3-8H,9H2,1-2H3,(H2,16,18). The van der Waals surface area contributed by atoms with Crippen molar-refractivity contribution in [3.8, 4) is 5.88 Å². The number of ether oxygens (including phenoxy) is 1. The van der Waals surface area contributed by atoms with Gasteiger partial charge in [0.1, 0.15) is 0 Å². The number of fused-ring (bicyclic) bond motifs is 1. The number of hydrogen-bond acceptors (Lipinski definition) is 4. The smallest absolute Gasteiger partial charge is 0.212 e. The molecule has 0 fully saturated rings. The monoisotopic (exact) mass is 268 g/mol. The molecule has 2 aromatic heterocycles. The van der Waals surface area contributed by atoms with Crippen LogP contribution in [0.25, 0.3) is 11.0 Å². The van der Waals surface area contributed by atoms with Crippen molar-refractivity contribution in [1.82, 2.24) is 14.5 Å². The van der Waals surface area contributed by atoms with Gasteiger partial charge in [-0.25, -0.2) is 9.97 Å². The van der Waals surface area contributed by atoms with Crippen molar-refractivity contribution >= 4 is 17.0 Å². The molecule has 0 bridgehead atoms. The highest BCUT2D eigenvalue weighted by Gasteiger charge is 2.10. The molecule has 0 saturated carbocycles. The van der Waals surface area contributed by atoms with Gasteiger partial charge in [0.25, 0.3) is 0 Å². The summed E-state index contributed by atoms with van der Waals surface area (Å²) in [5.74, 6) is 1.12. The van der Waals surface area contributed by atoms with Crippen molar-refractivity contribution in [1.29, 1.82) is 0 Å². The van der Waals surface area contributed by atoms with Crippen LogP contribution in [0.2, 0.25) is 0 Å². The second-order valence-electron chi connectivity index (χ2n) is 4.71. The van der Waals surface area contributed by atoms with E-state index in [1.54, 1.807) is 13.3 Å². The zero-order valence-electron chi connectivity index (χ0n) is 11.5. The molecule has 5 nitrogen and oxygen atoms in total. The normalized spacial score (nSPS) is 10.9. The van der Waals surface area contributed by atoms with Crippen molar-refractivity contribution in [2.45, 2.75) is 13.5 Å². The molecule has 0 unspecified atom stereocenters. The molecule has 0 aliphatic rings. The lowest BCUT2D eigenvalue weighted by molar-refractivity contribution is 0.397. The number of aromatic nitrogens is 3. The first-order valence-corrected chi connectivity index (χ1v) is 6.39. The molecule has 0 spiro atoms. The van der Waals surface area contributed by atoms with Crippen LogP contribution >= 0.6 is 0 Å². The summed E-state index contributed by atoms with van der Waals surface area (Å²) in [7, 11) is 1.60. The van der Waals surface area contributed by atoms with Gasteiger partial charge in [0.2, 0.25) is 11.8 Å². The van der Waals surface area contributed by atoms with Crippen LogP contribution < -0.4 is 10.5 Å². The number of nitrogen functional groups attached to an aromatic ring is 1. The first-order chi connectivity index (χ1) is 9.69. The van der Waals surface area contributed by atoms with Crippen LogP contribution in [-0.2, 0) is 6.54 Å². The van der Waals surface area contributed by atoms with E-state index in [0.717, 1.165) is 22.2 Å². The van der Waals surface area contributed by atoms with Crippen LogP contribution in [0, 0.1) is 6.92 Å². The van der Waals surface area contributed by atoms with Gasteiger partial charge in [-0.2, -0.15) is 0 Å². The van der Waals surface area contributed by atoms with Gasteiger partial charge in [0.15, 0.2) is 0 Å². The van der Waals surface area contributed by atoms with Crippen LogP contribution in [0.5, 0.6) is 5.88 Å². The van der Waals surface area contributed by atoms with Crippen molar-refractivity contribution < 1.29 is 4.74 Å². The molecule has 20 heavy (non-hydrogen) atoms. The van der Waals surface area contributed by atoms with E-state index in [1.165, 1.54) is 0 Å². The number of hydrogen-bond donors (Lipinski definition) is 1. The predicted molar refractivity (Wildman–Crippen MR) is 78.8 cm³/mol. The first-order valence-electron chi connectivity index (χ1n) is 6.39. The minimum absolute atomic E-state index is 0.519. The van der Waals surface area contributed by atoms with Crippen LogP contribution in [0.4, 0.5) is 5.95 Å². The molecule has 2 heterocycles. The predicted octanol–water partition coefficient (Wildman–Crippen LogP) is 2.38. The summed E-state index contributed by atoms with van der Waals surface area (Å²) >= 11 is 0. The van der Waals surface area contributed by atoms with E-state index in [2.05, 4.69) is 9.97 Å². The summed E-state index contributed by atoms with van der Waals surface area (Å²) in [6.07, 6.45) is 1.79. The van der Waals surface area contributed by atoms with E-state index >= 15 is 0 Å². The highest BCUT2D eigenvalue weighted by atomic mass is 16.5. The highest BCUT2D eigenvalue weighted by molar-refractivity contribution is 5.81. The maximum absolute atomic E-state index is 6.03. The number of imidazole rings is 1. The molecule has 0 amide bonds. The third-order valence-corrected chi connectivity index (χ3v) is 3.36. The lowest BCUT2D eigenvalue weighted by Crippen LogP contribution is -2.05. The number of nitrogens with zero attached hydrogens (tertiary/aromatic N) is 3. The Morgan fingerprint density at radius 2 is 2.10 bits per heavy atom. The molecule has 5 heteroatoms. The SMILES string of the molecule is COc1ccc(Cn2c(N)nc3c(C)cccc32)cn1. The van der Waals surface area contributed by atoms with E-state index in [0.29, 0.717) is 18.4 Å². The third kappa shape index (κ3) is 2.07. The van der Waals surface area contributed by atoms with Gasteiger partial charge in [-0.05, 0) is 24.1 Å². The molecule has 0 aliphatic heterocycles. The average molecular weight is 268 g/mol. The number of rotatable bonds is 3. The Labute approximate surface area is 117 Å². The molecule has 3 rings (SSSR count). The quantitative estimate of drug-likeness (QED) is 0.792. The molecule has 102 valence electrons. The highest BCUT2D eigenvalue weighted by Crippen LogP contribution is 2.22. The largest absolute Gasteiger partial charge is 0.481 e. The molecule has 2 N–H and O–H groups in total. The molecular formula is C15H16N4O. The maximum atomic E-state index is 6.03. The van der Waals surface area contributed by atoms with Crippen molar-refractivity contribution in [2.75, 3.05) is 12.8 Å². The van der Waals surface area contributed by atoms with Crippen LogP contribution in [0.15, 0.2) is 36.5 Å². The molecule has 0 aliphatic carbocycles. The van der Waals surface area contributed by atoms with Gasteiger partial charge in [-0.15, -0.1) is 0 Å². The van der Waals surface area contributed by atoms with E-state index in [-0.39, 0.29) is 0 Å². The topological polar surface area (TPSA) is 66.0 Å². The summed E-state index contributed by atoms with van der Waals surface area (Å²) in [5.41, 5.74) is 10.2. The summed E-state index contributed by atoms with van der Waals surface area (Å²) in [5, 5.41) is 0. The number of methoxy groups -OCH3 is 1. The number of anilines is 1. The first kappa shape index (κ1) is 12.5. The summed E-state index contributed by atoms with van der Waals surface area (Å²) in [4.78, 5) is 8.65. The maximum Gasteiger partial charge on any atom is 0.212 e. The lowest BCUT2D eigenvalue weighted by Gasteiger charge is -2.07. The number of aryl methyl sites for hydroxylation is 1. The summed E-state index contributed by atoms with van der Waals surface area (Å²) < 4.78 is 7.05. The Bertz CT molecular complexity index is 746. The molecular weight excluding hydrogens is 252 g/mol. The molecule has 0 saturated heterocycles. The number of para-hydroxylation sites is 1. The van der Waals surface area contributed by atoms with E-state index in [4.69, 9.17) is 10.5 Å². The molecule has 0 atom stereocenters. The Morgan fingerprint density at radius 1 is 1.25 bits per heavy atom. The van der Waals surface area contributed by atoms with Gasteiger partial charge in [0.05, 0.1) is 24.7 Å². The Morgan fingerprint density at radius 3 is 2.80 bits per heavy atom. The van der Waals surface area contributed by atoms with Crippen LogP contribution in [0.1, 0.15) is 11.1 Å². The molecule has 3 aromatic rings. The van der Waals surface area contributed by atoms with Crippen LogP contribution in [-0.4, -0.2) is 21.6 Å². The van der Waals surface area contributed by atoms with Crippen molar-refractivity contribution in [3.63, 3.8) is 0 Å². The van der Waals surface area contributed by atoms with Crippen molar-refractivity contribution in [2.24, 2.45) is 0 Å². The minimum Gasteiger partial charge on any atom is -0.481 e. The second-order valence-corrected chi connectivity index (χ2v) is 4.71. The molecule has 1 aromatic carbocycles. The Kier molecular flexibility index (Phi) is 3.02. The van der Waals surface area contributed by atoms with Gasteiger partial charge in [-0.3, -0.25) is 0 Å². The van der Waals surface area contributed by atoms with Crippen LogP contribution in [0.3, 0.4) is 0 Å². The number of nitrogens with two attached hydrogens (primary N) is 1. The fourth-order valence-electron chi connectivity index (χ4n) is 2.28. The van der Waals surface area contributed by atoms with E-state index < -0.39 is 0 Å². The molecule has 0 radical (unpaired) electrons. The minimum atomic E-state index is 0.519. The Hall–Kier alpha value is -2.56. The van der Waals surface area contributed by atoms with E-state index in [1.807, 2.05) is 41.8 Å². The van der Waals surface area contributed by atoms with Gasteiger partial charge >= 0.3 is 0 Å². The van der Waals surface area contributed by atoms with Gasteiger partial charge < -0.3 is 15.0 Å². The van der Waals surface area contributed by atoms with Gasteiger partial charge in [0, 0.05) is 12.3 Å². The van der Waals surface area contributed by atoms with E-state index in [9.17, 15) is 0 Å². The zero-order valence-corrected chi connectivity index (χ0v) is 11.5. The fraction of sp³-hybridized carbons (Fsp3) is 0.200. The number of pyridine rings is 1. The second kappa shape index (κ2) is 4.85. The fourth-order valence-corrected chi connectivity index (χ4v) is 2.28. The summed E-state index contributed by atoms with van der Waals surface area (Å²) in [6.45, 7) is 2.68. The average Bonchev–Trinajstić information content (AvgIpc) is 2.78. The lowest BCUT2D eigenvalue weighted by atomic mass is 10.2. The Balaban J connectivity index is 2.01. The summed E-state index contributed by atoms with van der Waals surface area (Å²) in [6, 6.07) is 9.90. The zero-order chi connectivity index (χ0) is 14.1. The number of benzene rings is 1. The van der Waals surface area contributed by atoms with Crippen molar-refractivity contribution in [3.05, 3.63) is 47.7 Å². The third-order valence-electron chi connectivity index (χ3n) is 3.36.